The number of hydrogen-bond donors (Lipinski definition) is 0. The molecule has 4 nitrogen and oxygen atoms in total. The summed E-state index contributed by atoms with van der Waals surface area (Å²) in [4.78, 5) is 6.22. The Balaban J connectivity index is 2.04. The fourth-order valence-electron chi connectivity index (χ4n) is 2.86. The van der Waals surface area contributed by atoms with Crippen molar-refractivity contribution in [3.63, 3.8) is 0 Å². The van der Waals surface area contributed by atoms with Crippen LogP contribution in [0.3, 0.4) is 0 Å². The second-order valence-corrected chi connectivity index (χ2v) is 5.08. The Labute approximate surface area is 114 Å². The van der Waals surface area contributed by atoms with Crippen LogP contribution in [0, 0.1) is 6.92 Å². The fraction of sp³-hybridized carbons (Fsp3) is 0.467. The van der Waals surface area contributed by atoms with Crippen molar-refractivity contribution >= 4 is 5.69 Å². The van der Waals surface area contributed by atoms with E-state index < -0.39 is 0 Å². The summed E-state index contributed by atoms with van der Waals surface area (Å²) in [5.74, 6) is 0. The van der Waals surface area contributed by atoms with Gasteiger partial charge in [0.25, 0.3) is 0 Å². The first kappa shape index (κ1) is 12.2. The van der Waals surface area contributed by atoms with E-state index in [1.54, 1.807) is 0 Å². The Morgan fingerprint density at radius 2 is 2.05 bits per heavy atom. The van der Waals surface area contributed by atoms with Gasteiger partial charge in [-0.25, -0.2) is 0 Å². The van der Waals surface area contributed by atoms with Crippen molar-refractivity contribution < 1.29 is 0 Å². The van der Waals surface area contributed by atoms with Crippen LogP contribution < -0.4 is 5.01 Å². The highest BCUT2D eigenvalue weighted by atomic mass is 15.7. The summed E-state index contributed by atoms with van der Waals surface area (Å²) in [6, 6.07) is 4.10. The highest BCUT2D eigenvalue weighted by Gasteiger charge is 2.23. The maximum absolute atomic E-state index is 4.75. The van der Waals surface area contributed by atoms with Crippen LogP contribution in [0.4, 0.5) is 5.69 Å². The Hall–Kier alpha value is -1.84. The zero-order valence-corrected chi connectivity index (χ0v) is 11.6. The zero-order chi connectivity index (χ0) is 13.2. The van der Waals surface area contributed by atoms with Gasteiger partial charge < -0.3 is 0 Å². The summed E-state index contributed by atoms with van der Waals surface area (Å²) in [5.41, 5.74) is 5.19. The lowest BCUT2D eigenvalue weighted by molar-refractivity contribution is 0.575. The molecule has 1 aliphatic rings. The van der Waals surface area contributed by atoms with Crippen LogP contribution in [-0.2, 0) is 12.8 Å². The average Bonchev–Trinajstić information content (AvgIpc) is 3.02. The standard InChI is InChI=1S/C15H20N4/c1-3-11-18(13-7-9-16-10-8-13)19-15-6-4-5-14(15)12(2)17-19/h7-10H,3-6,11H2,1-2H3. The Kier molecular flexibility index (Phi) is 3.23. The molecule has 100 valence electrons. The normalized spacial score (nSPS) is 13.6. The van der Waals surface area contributed by atoms with E-state index in [1.165, 1.54) is 29.8 Å². The molecule has 0 spiro atoms. The molecule has 2 aromatic rings. The SMILES string of the molecule is CCCN(c1ccncc1)n1nc(C)c2c1CCC2. The second-order valence-electron chi connectivity index (χ2n) is 5.08. The first-order chi connectivity index (χ1) is 9.31. The lowest BCUT2D eigenvalue weighted by atomic mass is 10.2. The van der Waals surface area contributed by atoms with E-state index in [0.29, 0.717) is 0 Å². The molecule has 0 N–H and O–H groups in total. The summed E-state index contributed by atoms with van der Waals surface area (Å²) in [6.45, 7) is 5.29. The van der Waals surface area contributed by atoms with Gasteiger partial charge >= 0.3 is 0 Å². The molecule has 0 bridgehead atoms. The minimum absolute atomic E-state index is 0.970. The van der Waals surface area contributed by atoms with E-state index in [-0.39, 0.29) is 0 Å². The molecule has 3 rings (SSSR count). The smallest absolute Gasteiger partial charge is 0.0661 e. The molecular formula is C15H20N4. The highest BCUT2D eigenvalue weighted by molar-refractivity contribution is 5.45. The predicted molar refractivity (Wildman–Crippen MR) is 76.3 cm³/mol. The molecule has 1 aliphatic carbocycles. The van der Waals surface area contributed by atoms with Gasteiger partial charge in [0, 0.05) is 18.9 Å². The van der Waals surface area contributed by atoms with Gasteiger partial charge in [-0.05, 0) is 50.3 Å². The molecule has 0 aliphatic heterocycles. The molecular weight excluding hydrogens is 236 g/mol. The molecule has 0 saturated heterocycles. The number of aromatic nitrogens is 3. The van der Waals surface area contributed by atoms with Crippen molar-refractivity contribution in [1.29, 1.82) is 0 Å². The third-order valence-electron chi connectivity index (χ3n) is 3.74. The number of fused-ring (bicyclic) bond motifs is 1. The quantitative estimate of drug-likeness (QED) is 0.843. The number of aryl methyl sites for hydroxylation is 1. The summed E-state index contributed by atoms with van der Waals surface area (Å²) >= 11 is 0. The van der Waals surface area contributed by atoms with Crippen LogP contribution in [0.15, 0.2) is 24.5 Å². The monoisotopic (exact) mass is 256 g/mol. The van der Waals surface area contributed by atoms with Gasteiger partial charge in [0.05, 0.1) is 17.1 Å². The highest BCUT2D eigenvalue weighted by Crippen LogP contribution is 2.27. The van der Waals surface area contributed by atoms with Crippen LogP contribution in [0.1, 0.15) is 36.7 Å². The average molecular weight is 256 g/mol. The van der Waals surface area contributed by atoms with Gasteiger partial charge in [-0.15, -0.1) is 0 Å². The van der Waals surface area contributed by atoms with Crippen molar-refractivity contribution in [3.05, 3.63) is 41.5 Å². The molecule has 0 unspecified atom stereocenters. The molecule has 4 heteroatoms. The van der Waals surface area contributed by atoms with Crippen molar-refractivity contribution in [2.24, 2.45) is 0 Å². The van der Waals surface area contributed by atoms with Gasteiger partial charge in [-0.3, -0.25) is 9.99 Å². The number of rotatable bonds is 4. The summed E-state index contributed by atoms with van der Waals surface area (Å²) in [6.07, 6.45) is 8.35. The van der Waals surface area contributed by atoms with E-state index in [4.69, 9.17) is 5.10 Å². The first-order valence-corrected chi connectivity index (χ1v) is 7.06. The molecule has 0 saturated carbocycles. The van der Waals surface area contributed by atoms with Crippen molar-refractivity contribution in [2.45, 2.75) is 39.5 Å². The maximum Gasteiger partial charge on any atom is 0.0661 e. The maximum atomic E-state index is 4.75. The number of nitrogens with zero attached hydrogens (tertiary/aromatic N) is 4. The van der Waals surface area contributed by atoms with Gasteiger partial charge in [-0.1, -0.05) is 6.92 Å². The Morgan fingerprint density at radius 3 is 2.79 bits per heavy atom. The van der Waals surface area contributed by atoms with Gasteiger partial charge in [-0.2, -0.15) is 9.89 Å². The number of pyridine rings is 1. The van der Waals surface area contributed by atoms with Crippen LogP contribution in [0.25, 0.3) is 0 Å². The predicted octanol–water partition coefficient (Wildman–Crippen LogP) is 2.75. The number of hydrogen-bond acceptors (Lipinski definition) is 3. The van der Waals surface area contributed by atoms with Crippen molar-refractivity contribution in [3.8, 4) is 0 Å². The van der Waals surface area contributed by atoms with E-state index >= 15 is 0 Å². The molecule has 2 aromatic heterocycles. The van der Waals surface area contributed by atoms with Gasteiger partial charge in [0.2, 0.25) is 0 Å². The molecule has 0 radical (unpaired) electrons. The molecule has 0 amide bonds. The first-order valence-electron chi connectivity index (χ1n) is 7.06. The Morgan fingerprint density at radius 1 is 1.26 bits per heavy atom. The van der Waals surface area contributed by atoms with Crippen LogP contribution in [-0.4, -0.2) is 21.4 Å². The van der Waals surface area contributed by atoms with Crippen LogP contribution in [0.2, 0.25) is 0 Å². The fourth-order valence-corrected chi connectivity index (χ4v) is 2.86. The molecule has 19 heavy (non-hydrogen) atoms. The molecule has 0 atom stereocenters. The van der Waals surface area contributed by atoms with Crippen LogP contribution >= 0.6 is 0 Å². The zero-order valence-electron chi connectivity index (χ0n) is 11.6. The summed E-state index contributed by atoms with van der Waals surface area (Å²) in [5, 5.41) is 7.01. The minimum Gasteiger partial charge on any atom is -0.265 e. The van der Waals surface area contributed by atoms with Crippen LogP contribution in [0.5, 0.6) is 0 Å². The van der Waals surface area contributed by atoms with E-state index in [1.807, 2.05) is 24.5 Å². The summed E-state index contributed by atoms with van der Waals surface area (Å²) < 4.78 is 0. The third-order valence-corrected chi connectivity index (χ3v) is 3.74. The minimum atomic E-state index is 0.970. The van der Waals surface area contributed by atoms with E-state index in [0.717, 1.165) is 25.1 Å². The van der Waals surface area contributed by atoms with E-state index in [2.05, 4.69) is 28.6 Å². The Bertz CT molecular complexity index is 559. The van der Waals surface area contributed by atoms with Crippen molar-refractivity contribution in [2.75, 3.05) is 11.6 Å². The second kappa shape index (κ2) is 5.03. The molecule has 0 aromatic carbocycles. The molecule has 0 fully saturated rings. The van der Waals surface area contributed by atoms with Gasteiger partial charge in [0.1, 0.15) is 0 Å². The topological polar surface area (TPSA) is 34.0 Å². The van der Waals surface area contributed by atoms with Crippen molar-refractivity contribution in [1.82, 2.24) is 14.9 Å². The molecule has 2 heterocycles. The summed E-state index contributed by atoms with van der Waals surface area (Å²) in [7, 11) is 0. The lowest BCUT2D eigenvalue weighted by Gasteiger charge is -2.25. The van der Waals surface area contributed by atoms with Gasteiger partial charge in [0.15, 0.2) is 0 Å². The third kappa shape index (κ3) is 2.11. The number of anilines is 1. The van der Waals surface area contributed by atoms with E-state index in [9.17, 15) is 0 Å². The largest absolute Gasteiger partial charge is 0.265 e. The lowest BCUT2D eigenvalue weighted by Crippen LogP contribution is -2.33.